The number of ketones is 1. The standard InChI is InChI=1S/C16H22FNO/c1-18(13-7-3-2-4-8-13)12-11-16(19)14-9-5-6-10-15(14)17/h5-6,9-10,13H,2-4,7-8,11-12H2,1H3. The van der Waals surface area contributed by atoms with Crippen molar-refractivity contribution in [3.05, 3.63) is 35.6 Å². The molecule has 0 spiro atoms. The van der Waals surface area contributed by atoms with Gasteiger partial charge in [0.15, 0.2) is 5.78 Å². The first-order valence-corrected chi connectivity index (χ1v) is 7.16. The molecule has 0 aliphatic heterocycles. The predicted octanol–water partition coefficient (Wildman–Crippen LogP) is 3.66. The highest BCUT2D eigenvalue weighted by molar-refractivity contribution is 5.96. The average molecular weight is 263 g/mol. The molecule has 1 aliphatic rings. The molecule has 0 atom stereocenters. The molecule has 0 saturated heterocycles. The highest BCUT2D eigenvalue weighted by Crippen LogP contribution is 2.21. The monoisotopic (exact) mass is 263 g/mol. The van der Waals surface area contributed by atoms with Gasteiger partial charge in [-0.05, 0) is 32.0 Å². The second-order valence-corrected chi connectivity index (χ2v) is 5.43. The van der Waals surface area contributed by atoms with E-state index < -0.39 is 5.82 Å². The molecule has 0 bridgehead atoms. The largest absolute Gasteiger partial charge is 0.303 e. The Labute approximate surface area is 114 Å². The zero-order valence-electron chi connectivity index (χ0n) is 11.6. The summed E-state index contributed by atoms with van der Waals surface area (Å²) in [6.07, 6.45) is 6.76. The molecule has 1 fully saturated rings. The fourth-order valence-electron chi connectivity index (χ4n) is 2.80. The molecule has 104 valence electrons. The summed E-state index contributed by atoms with van der Waals surface area (Å²) in [6.45, 7) is 0.720. The Kier molecular flexibility index (Phi) is 5.08. The van der Waals surface area contributed by atoms with E-state index in [0.717, 1.165) is 6.54 Å². The molecular formula is C16H22FNO. The molecule has 1 aromatic rings. The van der Waals surface area contributed by atoms with Crippen LogP contribution in [0, 0.1) is 5.82 Å². The number of hydrogen-bond donors (Lipinski definition) is 0. The zero-order valence-corrected chi connectivity index (χ0v) is 11.6. The number of carbonyl (C=O) groups is 1. The second kappa shape index (κ2) is 6.80. The van der Waals surface area contributed by atoms with Gasteiger partial charge in [-0.25, -0.2) is 4.39 Å². The Balaban J connectivity index is 1.84. The third-order valence-electron chi connectivity index (χ3n) is 4.06. The van der Waals surface area contributed by atoms with E-state index in [-0.39, 0.29) is 11.3 Å². The highest BCUT2D eigenvalue weighted by atomic mass is 19.1. The van der Waals surface area contributed by atoms with E-state index in [1.54, 1.807) is 18.2 Å². The molecule has 3 heteroatoms. The Hall–Kier alpha value is -1.22. The van der Waals surface area contributed by atoms with Crippen LogP contribution in [0.1, 0.15) is 48.9 Å². The Morgan fingerprint density at radius 2 is 1.95 bits per heavy atom. The van der Waals surface area contributed by atoms with Crippen molar-refractivity contribution in [1.29, 1.82) is 0 Å². The van der Waals surface area contributed by atoms with Gasteiger partial charge in [-0.3, -0.25) is 4.79 Å². The van der Waals surface area contributed by atoms with Gasteiger partial charge in [0.25, 0.3) is 0 Å². The molecule has 0 heterocycles. The molecular weight excluding hydrogens is 241 g/mol. The molecule has 19 heavy (non-hydrogen) atoms. The molecule has 0 radical (unpaired) electrons. The lowest BCUT2D eigenvalue weighted by molar-refractivity contribution is 0.0948. The minimum Gasteiger partial charge on any atom is -0.303 e. The van der Waals surface area contributed by atoms with Gasteiger partial charge in [0.05, 0.1) is 5.56 Å². The minimum atomic E-state index is -0.409. The van der Waals surface area contributed by atoms with Gasteiger partial charge in [-0.1, -0.05) is 31.4 Å². The number of benzene rings is 1. The Morgan fingerprint density at radius 1 is 1.26 bits per heavy atom. The van der Waals surface area contributed by atoms with Crippen molar-refractivity contribution in [3.8, 4) is 0 Å². The molecule has 2 nitrogen and oxygen atoms in total. The summed E-state index contributed by atoms with van der Waals surface area (Å²) in [7, 11) is 2.07. The number of Topliss-reactive ketones (excluding diaryl/α,β-unsaturated/α-hetero) is 1. The third-order valence-corrected chi connectivity index (χ3v) is 4.06. The predicted molar refractivity (Wildman–Crippen MR) is 74.9 cm³/mol. The summed E-state index contributed by atoms with van der Waals surface area (Å²) in [5.74, 6) is -0.506. The summed E-state index contributed by atoms with van der Waals surface area (Å²) >= 11 is 0. The Bertz CT molecular complexity index is 427. The van der Waals surface area contributed by atoms with Crippen LogP contribution in [0.4, 0.5) is 4.39 Å². The maximum atomic E-state index is 13.5. The first-order valence-electron chi connectivity index (χ1n) is 7.16. The van der Waals surface area contributed by atoms with E-state index in [1.807, 2.05) is 0 Å². The number of nitrogens with zero attached hydrogens (tertiary/aromatic N) is 1. The topological polar surface area (TPSA) is 20.3 Å². The summed E-state index contributed by atoms with van der Waals surface area (Å²) in [6, 6.07) is 6.83. The maximum absolute atomic E-state index is 13.5. The Morgan fingerprint density at radius 3 is 2.63 bits per heavy atom. The van der Waals surface area contributed by atoms with Crippen LogP contribution in [0.15, 0.2) is 24.3 Å². The van der Waals surface area contributed by atoms with Crippen molar-refractivity contribution in [2.45, 2.75) is 44.6 Å². The summed E-state index contributed by atoms with van der Waals surface area (Å²) in [5, 5.41) is 0. The minimum absolute atomic E-state index is 0.0965. The van der Waals surface area contributed by atoms with E-state index in [0.29, 0.717) is 12.5 Å². The number of halogens is 1. The normalized spacial score (nSPS) is 16.8. The van der Waals surface area contributed by atoms with Crippen molar-refractivity contribution in [2.75, 3.05) is 13.6 Å². The van der Waals surface area contributed by atoms with E-state index in [1.165, 1.54) is 38.2 Å². The van der Waals surface area contributed by atoms with E-state index >= 15 is 0 Å². The van der Waals surface area contributed by atoms with E-state index in [9.17, 15) is 9.18 Å². The molecule has 0 N–H and O–H groups in total. The first kappa shape index (κ1) is 14.2. The van der Waals surface area contributed by atoms with Crippen LogP contribution in [0.25, 0.3) is 0 Å². The molecule has 0 aromatic heterocycles. The van der Waals surface area contributed by atoms with Crippen LogP contribution in [0.3, 0.4) is 0 Å². The van der Waals surface area contributed by atoms with Gasteiger partial charge in [0.2, 0.25) is 0 Å². The summed E-state index contributed by atoms with van der Waals surface area (Å²) in [5.41, 5.74) is 0.222. The average Bonchev–Trinajstić information content (AvgIpc) is 2.46. The lowest BCUT2D eigenvalue weighted by Crippen LogP contribution is -2.34. The lowest BCUT2D eigenvalue weighted by atomic mass is 9.94. The van der Waals surface area contributed by atoms with Crippen LogP contribution < -0.4 is 0 Å². The highest BCUT2D eigenvalue weighted by Gasteiger charge is 2.19. The van der Waals surface area contributed by atoms with Gasteiger partial charge in [0.1, 0.15) is 5.82 Å². The fourth-order valence-corrected chi connectivity index (χ4v) is 2.80. The van der Waals surface area contributed by atoms with Crippen molar-refractivity contribution in [1.82, 2.24) is 4.90 Å². The van der Waals surface area contributed by atoms with Crippen LogP contribution in [0.5, 0.6) is 0 Å². The van der Waals surface area contributed by atoms with Crippen LogP contribution in [-0.4, -0.2) is 30.3 Å². The molecule has 1 aromatic carbocycles. The van der Waals surface area contributed by atoms with Crippen LogP contribution in [-0.2, 0) is 0 Å². The van der Waals surface area contributed by atoms with Crippen molar-refractivity contribution in [2.24, 2.45) is 0 Å². The van der Waals surface area contributed by atoms with Crippen molar-refractivity contribution in [3.63, 3.8) is 0 Å². The van der Waals surface area contributed by atoms with Crippen LogP contribution >= 0.6 is 0 Å². The summed E-state index contributed by atoms with van der Waals surface area (Å²) < 4.78 is 13.5. The molecule has 0 unspecified atom stereocenters. The summed E-state index contributed by atoms with van der Waals surface area (Å²) in [4.78, 5) is 14.2. The molecule has 1 saturated carbocycles. The number of carbonyl (C=O) groups excluding carboxylic acids is 1. The van der Waals surface area contributed by atoms with Gasteiger partial charge >= 0.3 is 0 Å². The van der Waals surface area contributed by atoms with Gasteiger partial charge in [0, 0.05) is 19.0 Å². The van der Waals surface area contributed by atoms with Gasteiger partial charge in [-0.2, -0.15) is 0 Å². The molecule has 1 aliphatic carbocycles. The number of hydrogen-bond acceptors (Lipinski definition) is 2. The van der Waals surface area contributed by atoms with E-state index in [4.69, 9.17) is 0 Å². The van der Waals surface area contributed by atoms with Gasteiger partial charge < -0.3 is 4.90 Å². The van der Waals surface area contributed by atoms with Crippen molar-refractivity contribution >= 4 is 5.78 Å². The maximum Gasteiger partial charge on any atom is 0.167 e. The van der Waals surface area contributed by atoms with E-state index in [2.05, 4.69) is 11.9 Å². The molecule has 2 rings (SSSR count). The van der Waals surface area contributed by atoms with Gasteiger partial charge in [-0.15, -0.1) is 0 Å². The third kappa shape index (κ3) is 3.87. The smallest absolute Gasteiger partial charge is 0.167 e. The van der Waals surface area contributed by atoms with Crippen LogP contribution in [0.2, 0.25) is 0 Å². The second-order valence-electron chi connectivity index (χ2n) is 5.43. The zero-order chi connectivity index (χ0) is 13.7. The fraction of sp³-hybridized carbons (Fsp3) is 0.562. The SMILES string of the molecule is CN(CCC(=O)c1ccccc1F)C1CCCCC1. The number of rotatable bonds is 5. The van der Waals surface area contributed by atoms with Crippen molar-refractivity contribution < 1.29 is 9.18 Å². The quantitative estimate of drug-likeness (QED) is 0.756. The lowest BCUT2D eigenvalue weighted by Gasteiger charge is -2.30. The molecule has 0 amide bonds. The first-order chi connectivity index (χ1) is 9.18.